The summed E-state index contributed by atoms with van der Waals surface area (Å²) < 4.78 is 9.03. The van der Waals surface area contributed by atoms with E-state index < -0.39 is 13.4 Å². The van der Waals surface area contributed by atoms with Crippen molar-refractivity contribution in [3.63, 3.8) is 0 Å². The van der Waals surface area contributed by atoms with E-state index >= 15 is 0 Å². The predicted molar refractivity (Wildman–Crippen MR) is 144 cm³/mol. The van der Waals surface area contributed by atoms with E-state index in [0.29, 0.717) is 0 Å². The van der Waals surface area contributed by atoms with Crippen molar-refractivity contribution in [2.45, 2.75) is 142 Å². The maximum atomic E-state index is 10.5. The molecule has 210 valence electrons. The molecular formula is C24H50MoO6P2S2. The second kappa shape index (κ2) is 30.3. The van der Waals surface area contributed by atoms with E-state index in [1.54, 1.807) is 0 Å². The Balaban J connectivity index is -0.000000569. The fourth-order valence-electron chi connectivity index (χ4n) is 3.53. The SMILES string of the molecule is CCCCCCCCCCCCOP([O-])([O-])=S.CCCCCCCCCCCCOP([O-])([O-])=S.[Mo+4]. The first kappa shape index (κ1) is 41.2. The van der Waals surface area contributed by atoms with Crippen LogP contribution in [0.5, 0.6) is 0 Å². The Labute approximate surface area is 241 Å². The van der Waals surface area contributed by atoms with Crippen LogP contribution < -0.4 is 19.6 Å². The molecule has 0 aliphatic rings. The summed E-state index contributed by atoms with van der Waals surface area (Å²) in [4.78, 5) is 42.0. The third-order valence-electron chi connectivity index (χ3n) is 5.49. The van der Waals surface area contributed by atoms with E-state index in [1.807, 2.05) is 0 Å². The van der Waals surface area contributed by atoms with Gasteiger partial charge < -0.3 is 28.6 Å². The average molecular weight is 657 g/mol. The van der Waals surface area contributed by atoms with E-state index in [0.717, 1.165) is 38.5 Å². The van der Waals surface area contributed by atoms with Crippen molar-refractivity contribution in [1.29, 1.82) is 0 Å². The van der Waals surface area contributed by atoms with Gasteiger partial charge in [-0.1, -0.05) is 143 Å². The average Bonchev–Trinajstić information content (AvgIpc) is 2.75. The van der Waals surface area contributed by atoms with Crippen molar-refractivity contribution in [3.05, 3.63) is 0 Å². The van der Waals surface area contributed by atoms with Crippen LogP contribution in [0.3, 0.4) is 0 Å². The van der Waals surface area contributed by atoms with Gasteiger partial charge in [-0.2, -0.15) is 0 Å². The van der Waals surface area contributed by atoms with Crippen LogP contribution >= 0.6 is 13.4 Å². The summed E-state index contributed by atoms with van der Waals surface area (Å²) in [5.74, 6) is 0. The number of hydrogen-bond acceptors (Lipinski definition) is 8. The Kier molecular flexibility index (Phi) is 35.7. The molecule has 0 radical (unpaired) electrons. The largest absolute Gasteiger partial charge is 4.00 e. The Hall–Kier alpha value is 1.75. The molecule has 0 N–H and O–H groups in total. The normalized spacial score (nSPS) is 11.6. The summed E-state index contributed by atoms with van der Waals surface area (Å²) in [6.07, 6.45) is 24.5. The molecule has 0 aliphatic carbocycles. The Morgan fingerprint density at radius 3 is 0.829 bits per heavy atom. The van der Waals surface area contributed by atoms with E-state index in [9.17, 15) is 19.6 Å². The molecule has 0 bridgehead atoms. The molecule has 0 saturated carbocycles. The van der Waals surface area contributed by atoms with Crippen molar-refractivity contribution in [1.82, 2.24) is 0 Å². The fraction of sp³-hybridized carbons (Fsp3) is 1.00. The standard InChI is InChI=1S/2C12H27O3PS.Mo/c2*1-2-3-4-5-6-7-8-9-10-11-12-15-16(13,14)17;/h2*2-12H2,1H3,(H2,13,14,17);/q;;+4/p-4. The quantitative estimate of drug-likeness (QED) is 0.0736. The Morgan fingerprint density at radius 1 is 0.429 bits per heavy atom. The molecular weight excluding hydrogens is 606 g/mol. The second-order valence-electron chi connectivity index (χ2n) is 8.92. The van der Waals surface area contributed by atoms with Gasteiger partial charge in [-0.15, -0.1) is 23.6 Å². The summed E-state index contributed by atoms with van der Waals surface area (Å²) in [6, 6.07) is 0. The zero-order valence-corrected chi connectivity index (χ0v) is 27.6. The molecule has 0 atom stereocenters. The zero-order valence-electron chi connectivity index (χ0n) is 22.1. The van der Waals surface area contributed by atoms with Crippen LogP contribution in [0.15, 0.2) is 0 Å². The van der Waals surface area contributed by atoms with Gasteiger partial charge >= 0.3 is 21.1 Å². The van der Waals surface area contributed by atoms with Crippen LogP contribution in [0, 0.1) is 0 Å². The molecule has 0 aromatic carbocycles. The van der Waals surface area contributed by atoms with Gasteiger partial charge in [0.2, 0.25) is 0 Å². The van der Waals surface area contributed by atoms with Gasteiger partial charge in [0, 0.05) is 13.2 Å². The molecule has 0 heterocycles. The van der Waals surface area contributed by atoms with Gasteiger partial charge in [0.05, 0.1) is 0 Å². The summed E-state index contributed by atoms with van der Waals surface area (Å²) in [5, 5.41) is 0. The first-order chi connectivity index (χ1) is 16.1. The molecule has 0 aromatic heterocycles. The van der Waals surface area contributed by atoms with Gasteiger partial charge in [-0.25, -0.2) is 0 Å². The number of hydrogen-bond donors (Lipinski definition) is 0. The first-order valence-electron chi connectivity index (χ1n) is 13.5. The summed E-state index contributed by atoms with van der Waals surface area (Å²) >= 11 is 8.27. The molecule has 0 saturated heterocycles. The monoisotopic (exact) mass is 658 g/mol. The molecule has 0 spiro atoms. The molecule has 35 heavy (non-hydrogen) atoms. The second-order valence-corrected chi connectivity index (χ2v) is 13.9. The minimum absolute atomic E-state index is 0. The van der Waals surface area contributed by atoms with Crippen molar-refractivity contribution in [2.24, 2.45) is 0 Å². The van der Waals surface area contributed by atoms with Crippen molar-refractivity contribution < 1.29 is 49.7 Å². The number of unbranched alkanes of at least 4 members (excludes halogenated alkanes) is 18. The molecule has 0 unspecified atom stereocenters. The topological polar surface area (TPSA) is 111 Å². The van der Waals surface area contributed by atoms with Crippen LogP contribution in [0.1, 0.15) is 142 Å². The predicted octanol–water partition coefficient (Wildman–Crippen LogP) is 5.74. The Morgan fingerprint density at radius 2 is 0.629 bits per heavy atom. The molecule has 0 aliphatic heterocycles. The fourth-order valence-corrected chi connectivity index (χ4v) is 4.68. The zero-order chi connectivity index (χ0) is 26.0. The molecule has 0 aromatic rings. The van der Waals surface area contributed by atoms with Gasteiger partial charge in [0.15, 0.2) is 0 Å². The summed E-state index contributed by atoms with van der Waals surface area (Å²) in [5.41, 5.74) is 0. The number of rotatable bonds is 24. The molecule has 6 nitrogen and oxygen atoms in total. The van der Waals surface area contributed by atoms with E-state index in [-0.39, 0.29) is 34.3 Å². The molecule has 0 rings (SSSR count). The van der Waals surface area contributed by atoms with E-state index in [1.165, 1.54) is 89.9 Å². The third kappa shape index (κ3) is 46.0. The van der Waals surface area contributed by atoms with Crippen LogP contribution in [-0.2, 0) is 53.7 Å². The van der Waals surface area contributed by atoms with Gasteiger partial charge in [-0.05, 0) is 12.8 Å². The van der Waals surface area contributed by atoms with Crippen LogP contribution in [0.4, 0.5) is 0 Å². The maximum Gasteiger partial charge on any atom is 4.00 e. The smallest absolute Gasteiger partial charge is 0.812 e. The molecule has 0 fully saturated rings. The minimum Gasteiger partial charge on any atom is -0.812 e. The Bertz CT molecular complexity index is 462. The van der Waals surface area contributed by atoms with E-state index in [4.69, 9.17) is 0 Å². The van der Waals surface area contributed by atoms with Crippen LogP contribution in [-0.4, -0.2) is 13.2 Å². The third-order valence-corrected chi connectivity index (χ3v) is 7.12. The van der Waals surface area contributed by atoms with Gasteiger partial charge in [0.25, 0.3) is 0 Å². The van der Waals surface area contributed by atoms with Crippen LogP contribution in [0.2, 0.25) is 0 Å². The summed E-state index contributed by atoms with van der Waals surface area (Å²) in [7, 11) is 0. The van der Waals surface area contributed by atoms with Gasteiger partial charge in [-0.3, -0.25) is 0 Å². The van der Waals surface area contributed by atoms with Gasteiger partial charge in [0.1, 0.15) is 0 Å². The van der Waals surface area contributed by atoms with Crippen molar-refractivity contribution >= 4 is 37.1 Å². The van der Waals surface area contributed by atoms with Crippen molar-refractivity contribution in [2.75, 3.05) is 13.2 Å². The van der Waals surface area contributed by atoms with Crippen LogP contribution in [0.25, 0.3) is 0 Å². The molecule has 11 heteroatoms. The maximum absolute atomic E-state index is 10.5. The minimum atomic E-state index is -3.91. The first-order valence-corrected chi connectivity index (χ1v) is 18.6. The summed E-state index contributed by atoms with van der Waals surface area (Å²) in [6.45, 7) is -2.86. The van der Waals surface area contributed by atoms with E-state index in [2.05, 4.69) is 46.5 Å². The van der Waals surface area contributed by atoms with Crippen molar-refractivity contribution in [3.8, 4) is 0 Å². The molecule has 0 amide bonds.